The van der Waals surface area contributed by atoms with Crippen molar-refractivity contribution in [3.8, 4) is 0 Å². The molecule has 3 nitrogen and oxygen atoms in total. The van der Waals surface area contributed by atoms with Crippen LogP contribution in [0.5, 0.6) is 0 Å². The van der Waals surface area contributed by atoms with Gasteiger partial charge in [-0.25, -0.2) is 17.5 Å². The predicted molar refractivity (Wildman–Crippen MR) is 82.6 cm³/mol. The third-order valence-electron chi connectivity index (χ3n) is 4.24. The Labute approximate surface area is 130 Å². The lowest BCUT2D eigenvalue weighted by atomic mass is 9.98. The molecule has 1 aromatic carbocycles. The number of aryl methyl sites for hydroxylation is 2. The molecule has 6 heteroatoms. The Kier molecular flexibility index (Phi) is 5.28. The molecular weight excluding hydrogens is 313 g/mol. The van der Waals surface area contributed by atoms with E-state index in [2.05, 4.69) is 4.72 Å². The summed E-state index contributed by atoms with van der Waals surface area (Å²) in [7, 11) is -3.62. The van der Waals surface area contributed by atoms with E-state index in [0.717, 1.165) is 19.3 Å². The fourth-order valence-corrected chi connectivity index (χ4v) is 5.15. The highest BCUT2D eigenvalue weighted by Gasteiger charge is 2.28. The van der Waals surface area contributed by atoms with E-state index in [-0.39, 0.29) is 4.90 Å². The van der Waals surface area contributed by atoms with Crippen LogP contribution in [0.3, 0.4) is 0 Å². The molecule has 0 bridgehead atoms. The van der Waals surface area contributed by atoms with Gasteiger partial charge in [0, 0.05) is 12.4 Å². The molecular formula is C15H21ClFNO2S. The quantitative estimate of drug-likeness (QED) is 0.840. The molecule has 0 radical (unpaired) electrons. The summed E-state index contributed by atoms with van der Waals surface area (Å²) < 4.78 is 40.9. The Morgan fingerprint density at radius 1 is 1.24 bits per heavy atom. The Morgan fingerprint density at radius 2 is 1.81 bits per heavy atom. The molecule has 1 aliphatic rings. The highest BCUT2D eigenvalue weighted by Crippen LogP contribution is 2.32. The topological polar surface area (TPSA) is 46.2 Å². The summed E-state index contributed by atoms with van der Waals surface area (Å²) in [5.74, 6) is 0.825. The van der Waals surface area contributed by atoms with E-state index in [1.807, 2.05) is 0 Å². The minimum Gasteiger partial charge on any atom is -0.211 e. The molecule has 0 aliphatic heterocycles. The van der Waals surface area contributed by atoms with Crippen LogP contribution in [0.15, 0.2) is 17.0 Å². The van der Waals surface area contributed by atoms with Crippen molar-refractivity contribution < 1.29 is 12.8 Å². The number of benzene rings is 1. The molecule has 0 amide bonds. The van der Waals surface area contributed by atoms with E-state index < -0.39 is 15.8 Å². The first-order valence-corrected chi connectivity index (χ1v) is 9.19. The van der Waals surface area contributed by atoms with Crippen LogP contribution in [0.2, 0.25) is 0 Å². The molecule has 21 heavy (non-hydrogen) atoms. The molecule has 2 unspecified atom stereocenters. The van der Waals surface area contributed by atoms with Gasteiger partial charge in [-0.3, -0.25) is 0 Å². The maximum atomic E-state index is 13.3. The van der Waals surface area contributed by atoms with Gasteiger partial charge in [0.25, 0.3) is 0 Å². The molecule has 2 atom stereocenters. The number of hydrogen-bond acceptors (Lipinski definition) is 2. The molecule has 1 saturated carbocycles. The van der Waals surface area contributed by atoms with Crippen molar-refractivity contribution in [3.05, 3.63) is 29.1 Å². The molecule has 0 spiro atoms. The summed E-state index contributed by atoms with van der Waals surface area (Å²) in [6.45, 7) is 3.62. The van der Waals surface area contributed by atoms with Gasteiger partial charge in [-0.05, 0) is 61.8 Å². The Bertz CT molecular complexity index is 595. The minimum absolute atomic E-state index is 0.185. The van der Waals surface area contributed by atoms with Gasteiger partial charge in [0.1, 0.15) is 5.82 Å². The highest BCUT2D eigenvalue weighted by molar-refractivity contribution is 7.89. The van der Waals surface area contributed by atoms with E-state index >= 15 is 0 Å². The van der Waals surface area contributed by atoms with Crippen molar-refractivity contribution in [2.45, 2.75) is 38.0 Å². The van der Waals surface area contributed by atoms with E-state index in [9.17, 15) is 12.8 Å². The first-order chi connectivity index (χ1) is 9.85. The van der Waals surface area contributed by atoms with Crippen LogP contribution in [0.25, 0.3) is 0 Å². The smallest absolute Gasteiger partial charge is 0.211 e. The molecule has 2 rings (SSSR count). The summed E-state index contributed by atoms with van der Waals surface area (Å²) >= 11 is 5.92. The largest absolute Gasteiger partial charge is 0.241 e. The van der Waals surface area contributed by atoms with Crippen molar-refractivity contribution in [2.75, 3.05) is 12.4 Å². The lowest BCUT2D eigenvalue weighted by molar-refractivity contribution is 0.418. The monoisotopic (exact) mass is 333 g/mol. The van der Waals surface area contributed by atoms with Crippen LogP contribution in [-0.4, -0.2) is 20.8 Å². The fourth-order valence-electron chi connectivity index (χ4n) is 3.20. The Balaban J connectivity index is 2.16. The van der Waals surface area contributed by atoms with Crippen molar-refractivity contribution in [1.82, 2.24) is 4.72 Å². The van der Waals surface area contributed by atoms with Gasteiger partial charge in [0.05, 0.1) is 4.90 Å². The highest BCUT2D eigenvalue weighted by atomic mass is 35.5. The van der Waals surface area contributed by atoms with Crippen molar-refractivity contribution in [2.24, 2.45) is 11.8 Å². The average Bonchev–Trinajstić information content (AvgIpc) is 2.82. The molecule has 1 fully saturated rings. The van der Waals surface area contributed by atoms with Crippen molar-refractivity contribution in [1.29, 1.82) is 0 Å². The van der Waals surface area contributed by atoms with Crippen LogP contribution in [-0.2, 0) is 10.0 Å². The van der Waals surface area contributed by atoms with Crippen LogP contribution in [0, 0.1) is 31.5 Å². The predicted octanol–water partition coefficient (Wildman–Crippen LogP) is 3.38. The second-order valence-electron chi connectivity index (χ2n) is 5.83. The normalized spacial score (nSPS) is 22.7. The Morgan fingerprint density at radius 3 is 2.38 bits per heavy atom. The summed E-state index contributed by atoms with van der Waals surface area (Å²) in [5.41, 5.74) is 0.862. The van der Waals surface area contributed by atoms with Gasteiger partial charge in [-0.2, -0.15) is 0 Å². The lowest BCUT2D eigenvalue weighted by Crippen LogP contribution is -2.32. The maximum absolute atomic E-state index is 13.3. The maximum Gasteiger partial charge on any atom is 0.241 e. The summed E-state index contributed by atoms with van der Waals surface area (Å²) in [6, 6.07) is 2.50. The van der Waals surface area contributed by atoms with E-state index in [0.29, 0.717) is 35.4 Å². The summed E-state index contributed by atoms with van der Waals surface area (Å²) in [4.78, 5) is 0.185. The van der Waals surface area contributed by atoms with Crippen LogP contribution in [0.4, 0.5) is 4.39 Å². The third-order valence-corrected chi connectivity index (χ3v) is 6.37. The first-order valence-electron chi connectivity index (χ1n) is 7.17. The van der Waals surface area contributed by atoms with E-state index in [1.54, 1.807) is 13.8 Å². The van der Waals surface area contributed by atoms with E-state index in [1.165, 1.54) is 12.1 Å². The third kappa shape index (κ3) is 3.76. The van der Waals surface area contributed by atoms with Crippen LogP contribution >= 0.6 is 11.6 Å². The molecule has 118 valence electrons. The first kappa shape index (κ1) is 16.7. The number of nitrogens with one attached hydrogen (secondary N) is 1. The second-order valence-corrected chi connectivity index (χ2v) is 7.84. The van der Waals surface area contributed by atoms with Gasteiger partial charge in [0.15, 0.2) is 0 Å². The van der Waals surface area contributed by atoms with Crippen LogP contribution < -0.4 is 4.72 Å². The van der Waals surface area contributed by atoms with Gasteiger partial charge >= 0.3 is 0 Å². The molecule has 1 aromatic rings. The minimum atomic E-state index is -3.62. The number of alkyl halides is 1. The molecule has 0 aromatic heterocycles. The van der Waals surface area contributed by atoms with Crippen molar-refractivity contribution >= 4 is 21.6 Å². The van der Waals surface area contributed by atoms with Gasteiger partial charge in [-0.15, -0.1) is 11.6 Å². The average molecular weight is 334 g/mol. The van der Waals surface area contributed by atoms with Crippen molar-refractivity contribution in [3.63, 3.8) is 0 Å². The number of hydrogen-bond donors (Lipinski definition) is 1. The number of sulfonamides is 1. The standard InChI is InChI=1S/C15H21ClFNO2S/c1-10-6-14(17)7-11(2)15(10)21(19,20)18-9-13-5-3-4-12(13)8-16/h6-7,12-13,18H,3-5,8-9H2,1-2H3. The van der Waals surface area contributed by atoms with E-state index in [4.69, 9.17) is 11.6 Å². The lowest BCUT2D eigenvalue weighted by Gasteiger charge is -2.19. The van der Waals surface area contributed by atoms with Gasteiger partial charge in [0.2, 0.25) is 10.0 Å². The van der Waals surface area contributed by atoms with Gasteiger partial charge < -0.3 is 0 Å². The van der Waals surface area contributed by atoms with Crippen LogP contribution in [0.1, 0.15) is 30.4 Å². The fraction of sp³-hybridized carbons (Fsp3) is 0.600. The molecule has 1 N–H and O–H groups in total. The summed E-state index contributed by atoms with van der Waals surface area (Å²) in [6.07, 6.45) is 3.16. The number of rotatable bonds is 5. The SMILES string of the molecule is Cc1cc(F)cc(C)c1S(=O)(=O)NCC1CCCC1CCl. The second kappa shape index (κ2) is 6.63. The summed E-state index contributed by atoms with van der Waals surface area (Å²) in [5, 5.41) is 0. The molecule has 0 saturated heterocycles. The van der Waals surface area contributed by atoms with Gasteiger partial charge in [-0.1, -0.05) is 6.42 Å². The zero-order valence-corrected chi connectivity index (χ0v) is 13.9. The Hall–Kier alpha value is -0.650. The molecule has 1 aliphatic carbocycles. The molecule has 0 heterocycles. The number of halogens is 2. The zero-order chi connectivity index (χ0) is 15.6. The zero-order valence-electron chi connectivity index (χ0n) is 12.3.